The van der Waals surface area contributed by atoms with E-state index in [1.165, 1.54) is 9.78 Å². The highest BCUT2D eigenvalue weighted by Gasteiger charge is 2.44. The van der Waals surface area contributed by atoms with Crippen molar-refractivity contribution in [3.05, 3.63) is 128 Å². The van der Waals surface area contributed by atoms with E-state index in [4.69, 9.17) is 30.8 Å². The van der Waals surface area contributed by atoms with Crippen LogP contribution in [0, 0.1) is 26.2 Å². The highest BCUT2D eigenvalue weighted by molar-refractivity contribution is 7.15. The number of hydrogen-bond acceptors (Lipinski definition) is 14. The maximum Gasteiger partial charge on any atom is 0.246 e. The molecule has 1 fully saturated rings. The van der Waals surface area contributed by atoms with Crippen molar-refractivity contribution in [2.24, 2.45) is 10.4 Å². The van der Waals surface area contributed by atoms with Crippen molar-refractivity contribution in [3.8, 4) is 21.2 Å². The van der Waals surface area contributed by atoms with E-state index in [0.717, 1.165) is 54.9 Å². The first-order valence-corrected chi connectivity index (χ1v) is 28.1. The van der Waals surface area contributed by atoms with Gasteiger partial charge in [0, 0.05) is 78.4 Å². The summed E-state index contributed by atoms with van der Waals surface area (Å²) in [6.45, 7) is 17.4. The van der Waals surface area contributed by atoms with Gasteiger partial charge < -0.3 is 40.2 Å². The Labute approximate surface area is 462 Å². The number of carbonyl (C=O) groups is 4. The number of aromatic nitrogens is 4. The number of thiazole rings is 1. The number of rotatable bonds is 22. The molecule has 0 bridgehead atoms. The standard InChI is InChI=1S/C57H68ClN9O8S2/c1-33(2)52-64-65-53-44(62-49(38-15-17-40(58)18-16-38)48-34(3)36(5)77-56(48)67(52)53)28-46(69)61-41-19-21-43(22-20-41)75-26-10-24-73-23-9-25-74-31-47(70)63-51(57(6,7)8)55(72)66-30-42(68)27-45(66)54(71)59-29-37-11-13-39(14-12-37)50-35(4)60-32-76-50/h11-22,32-33,42,44-45,51,68H,9-10,23-31H2,1-8H3,(H,59,71)(H,61,69)(H,63,70)/t42-,44?,45+,51-/m1/s1. The van der Waals surface area contributed by atoms with E-state index in [-0.39, 0.29) is 56.9 Å². The number of carbonyl (C=O) groups excluding carboxylic acids is 4. The second-order valence-corrected chi connectivity index (χ2v) is 23.3. The van der Waals surface area contributed by atoms with Crippen LogP contribution in [0.15, 0.2) is 83.3 Å². The van der Waals surface area contributed by atoms with Crippen molar-refractivity contribution < 1.29 is 38.5 Å². The number of aliphatic hydroxyl groups is 1. The van der Waals surface area contributed by atoms with Crippen LogP contribution in [0.3, 0.4) is 0 Å². The molecule has 1 saturated heterocycles. The van der Waals surface area contributed by atoms with Crippen LogP contribution in [-0.4, -0.2) is 117 Å². The van der Waals surface area contributed by atoms with Gasteiger partial charge in [-0.2, -0.15) is 0 Å². The number of benzene rings is 3. The smallest absolute Gasteiger partial charge is 0.246 e. The molecule has 0 spiro atoms. The summed E-state index contributed by atoms with van der Waals surface area (Å²) in [5.74, 6) is 0.670. The SMILES string of the molecule is Cc1ncsc1-c1ccc(CNC(=O)[C@@H]2C[C@@H](O)CN2C(=O)[C@@H](NC(=O)COCCCOCCCOc2ccc(NC(=O)CC3N=C(c4ccc(Cl)cc4)c4c(sc(C)c4C)-n4c(C(C)C)nnc43)cc2)C(C)(C)C)cc1. The van der Waals surface area contributed by atoms with Gasteiger partial charge in [0.25, 0.3) is 0 Å². The third kappa shape index (κ3) is 14.0. The molecule has 1 unspecified atom stereocenters. The number of aliphatic hydroxyl groups excluding tert-OH is 1. The summed E-state index contributed by atoms with van der Waals surface area (Å²) in [5.41, 5.74) is 8.45. The molecular weight excluding hydrogens is 1040 g/mol. The maximum absolute atomic E-state index is 14.0. The number of nitrogens with one attached hydrogen (secondary N) is 3. The van der Waals surface area contributed by atoms with E-state index >= 15 is 0 Å². The second kappa shape index (κ2) is 25.4. The van der Waals surface area contributed by atoms with Crippen LogP contribution in [0.5, 0.6) is 5.75 Å². The first-order valence-electron chi connectivity index (χ1n) is 26.0. The summed E-state index contributed by atoms with van der Waals surface area (Å²) in [6.07, 6.45) is 0.448. The monoisotopic (exact) mass is 1110 g/mol. The first kappa shape index (κ1) is 56.8. The predicted molar refractivity (Wildman–Crippen MR) is 300 cm³/mol. The largest absolute Gasteiger partial charge is 0.494 e. The molecule has 2 aliphatic heterocycles. The van der Waals surface area contributed by atoms with Crippen molar-refractivity contribution in [2.45, 2.75) is 118 Å². The van der Waals surface area contributed by atoms with Gasteiger partial charge in [0.1, 0.15) is 41.3 Å². The molecule has 4 amide bonds. The number of hydrogen-bond donors (Lipinski definition) is 4. The Morgan fingerprint density at radius 3 is 2.23 bits per heavy atom. The molecule has 17 nitrogen and oxygen atoms in total. The quantitative estimate of drug-likeness (QED) is 0.0471. The number of fused-ring (bicyclic) bond motifs is 3. The molecule has 0 saturated carbocycles. The number of ether oxygens (including phenoxy) is 3. The summed E-state index contributed by atoms with van der Waals surface area (Å²) >= 11 is 9.54. The van der Waals surface area contributed by atoms with Gasteiger partial charge in [0.15, 0.2) is 5.82 Å². The van der Waals surface area contributed by atoms with Crippen molar-refractivity contribution >= 4 is 69.3 Å². The lowest BCUT2D eigenvalue weighted by Crippen LogP contribution is -2.58. The fraction of sp³-hybridized carbons (Fsp3) is 0.439. The van der Waals surface area contributed by atoms with E-state index in [1.54, 1.807) is 46.9 Å². The summed E-state index contributed by atoms with van der Waals surface area (Å²) < 4.78 is 19.4. The zero-order valence-electron chi connectivity index (χ0n) is 44.9. The van der Waals surface area contributed by atoms with Crippen LogP contribution in [0.1, 0.15) is 117 Å². The topological polar surface area (TPSA) is 211 Å². The molecule has 8 rings (SSSR count). The lowest BCUT2D eigenvalue weighted by atomic mass is 9.85. The van der Waals surface area contributed by atoms with Crippen molar-refractivity contribution in [1.29, 1.82) is 0 Å². The zero-order chi connectivity index (χ0) is 55.0. The fourth-order valence-electron chi connectivity index (χ4n) is 9.28. The number of aryl methyl sites for hydroxylation is 2. The lowest BCUT2D eigenvalue weighted by Gasteiger charge is -2.35. The molecule has 3 aromatic carbocycles. The van der Waals surface area contributed by atoms with Crippen LogP contribution in [0.4, 0.5) is 5.69 Å². The van der Waals surface area contributed by atoms with Gasteiger partial charge in [-0.3, -0.25) is 28.7 Å². The van der Waals surface area contributed by atoms with Crippen molar-refractivity contribution in [3.63, 3.8) is 0 Å². The van der Waals surface area contributed by atoms with E-state index < -0.39 is 41.5 Å². The number of β-amino-alcohol motifs (C(OH)–C–C–N with tert-alkyl or cyclic N) is 1. The number of anilines is 1. The Morgan fingerprint density at radius 2 is 1.56 bits per heavy atom. The third-order valence-corrected chi connectivity index (χ3v) is 15.9. The van der Waals surface area contributed by atoms with Crippen LogP contribution >= 0.6 is 34.3 Å². The average molecular weight is 1110 g/mol. The third-order valence-electron chi connectivity index (χ3n) is 13.5. The van der Waals surface area contributed by atoms with Crippen LogP contribution in [0.2, 0.25) is 5.02 Å². The normalized spacial score (nSPS) is 16.6. The van der Waals surface area contributed by atoms with E-state index in [1.807, 2.05) is 81.7 Å². The Bertz CT molecular complexity index is 3060. The van der Waals surface area contributed by atoms with Crippen molar-refractivity contribution in [2.75, 3.05) is 44.9 Å². The van der Waals surface area contributed by atoms with Gasteiger partial charge in [-0.1, -0.05) is 82.6 Å². The molecule has 408 valence electrons. The first-order chi connectivity index (χ1) is 36.9. The molecule has 4 atom stereocenters. The molecule has 3 aromatic heterocycles. The molecule has 77 heavy (non-hydrogen) atoms. The molecule has 5 heterocycles. The summed E-state index contributed by atoms with van der Waals surface area (Å²) in [5, 5.41) is 30.2. The predicted octanol–water partition coefficient (Wildman–Crippen LogP) is 9.08. The average Bonchev–Trinajstić information content (AvgIpc) is 4.35. The van der Waals surface area contributed by atoms with Crippen LogP contribution in [0.25, 0.3) is 15.4 Å². The molecule has 4 N–H and O–H groups in total. The Hall–Kier alpha value is -6.35. The minimum absolute atomic E-state index is 0.0180. The maximum atomic E-state index is 14.0. The van der Waals surface area contributed by atoms with Crippen molar-refractivity contribution in [1.82, 2.24) is 35.3 Å². The van der Waals surface area contributed by atoms with Crippen LogP contribution in [-0.2, 0) is 35.2 Å². The molecule has 20 heteroatoms. The van der Waals surface area contributed by atoms with Gasteiger partial charge in [-0.05, 0) is 85.7 Å². The zero-order valence-corrected chi connectivity index (χ0v) is 47.2. The van der Waals surface area contributed by atoms with Crippen LogP contribution < -0.4 is 20.7 Å². The minimum Gasteiger partial charge on any atom is -0.494 e. The van der Waals surface area contributed by atoms with Gasteiger partial charge in [-0.25, -0.2) is 4.98 Å². The van der Waals surface area contributed by atoms with E-state index in [0.29, 0.717) is 54.9 Å². The summed E-state index contributed by atoms with van der Waals surface area (Å²) in [6, 6.07) is 20.2. The molecule has 6 aromatic rings. The fourth-order valence-corrected chi connectivity index (χ4v) is 11.4. The Morgan fingerprint density at radius 1 is 0.870 bits per heavy atom. The van der Waals surface area contributed by atoms with Gasteiger partial charge in [0.05, 0.1) is 40.9 Å². The summed E-state index contributed by atoms with van der Waals surface area (Å²) in [4.78, 5) is 67.5. The minimum atomic E-state index is -0.964. The number of thiophene rings is 1. The number of likely N-dealkylation sites (tertiary alicyclic amines) is 1. The molecule has 2 aliphatic rings. The highest BCUT2D eigenvalue weighted by Crippen LogP contribution is 2.41. The summed E-state index contributed by atoms with van der Waals surface area (Å²) in [7, 11) is 0. The highest BCUT2D eigenvalue weighted by atomic mass is 35.5. The van der Waals surface area contributed by atoms with E-state index in [2.05, 4.69) is 63.4 Å². The molecule has 0 aliphatic carbocycles. The number of nitrogens with zero attached hydrogens (tertiary/aromatic N) is 6. The molecular formula is C57H68ClN9O8S2. The number of aliphatic imine (C=N–C) groups is 1. The lowest BCUT2D eigenvalue weighted by molar-refractivity contribution is -0.144. The Kier molecular flexibility index (Phi) is 18.8. The van der Waals surface area contributed by atoms with Gasteiger partial charge in [-0.15, -0.1) is 32.9 Å². The van der Waals surface area contributed by atoms with Gasteiger partial charge >= 0.3 is 0 Å². The number of halogens is 1. The Balaban J connectivity index is 0.733. The second-order valence-electron chi connectivity index (χ2n) is 20.8. The number of amides is 4. The van der Waals surface area contributed by atoms with Gasteiger partial charge in [0.2, 0.25) is 23.6 Å². The molecule has 0 radical (unpaired) electrons. The van der Waals surface area contributed by atoms with E-state index in [9.17, 15) is 24.3 Å².